The number of fused-ring (bicyclic) bond motifs is 1. The van der Waals surface area contributed by atoms with Crippen molar-refractivity contribution in [3.63, 3.8) is 0 Å². The van der Waals surface area contributed by atoms with E-state index in [1.165, 1.54) is 18.4 Å². The molecular weight excluding hydrogens is 300 g/mol. The lowest BCUT2D eigenvalue weighted by Gasteiger charge is -2.39. The highest BCUT2D eigenvalue weighted by Gasteiger charge is 2.32. The van der Waals surface area contributed by atoms with E-state index in [4.69, 9.17) is 4.74 Å². The summed E-state index contributed by atoms with van der Waals surface area (Å²) in [5.41, 5.74) is 3.30. The maximum Gasteiger partial charge on any atom is 0.251 e. The van der Waals surface area contributed by atoms with E-state index in [-0.39, 0.29) is 23.7 Å². The molecule has 2 aliphatic rings. The predicted octanol–water partition coefficient (Wildman–Crippen LogP) is 2.65. The Labute approximate surface area is 138 Å². The van der Waals surface area contributed by atoms with Crippen LogP contribution in [0.25, 0.3) is 0 Å². The molecule has 1 aromatic carbocycles. The van der Waals surface area contributed by atoms with Crippen LogP contribution >= 0.6 is 12.4 Å². The number of hydrogen-bond donors (Lipinski definition) is 2. The van der Waals surface area contributed by atoms with E-state index in [0.717, 1.165) is 17.7 Å². The average Bonchev–Trinajstić information content (AvgIpc) is 2.92. The molecule has 3 rings (SSSR count). The molecule has 122 valence electrons. The van der Waals surface area contributed by atoms with Crippen LogP contribution < -0.4 is 10.6 Å². The third kappa shape index (κ3) is 3.62. The van der Waals surface area contributed by atoms with Crippen molar-refractivity contribution in [2.24, 2.45) is 5.41 Å². The minimum absolute atomic E-state index is 0. The van der Waals surface area contributed by atoms with Gasteiger partial charge in [-0.2, -0.15) is 0 Å². The molecule has 1 unspecified atom stereocenters. The molecule has 22 heavy (non-hydrogen) atoms. The van der Waals surface area contributed by atoms with Gasteiger partial charge < -0.3 is 15.4 Å². The third-order valence-corrected chi connectivity index (χ3v) is 4.78. The van der Waals surface area contributed by atoms with Crippen LogP contribution in [0.15, 0.2) is 18.2 Å². The first-order valence-corrected chi connectivity index (χ1v) is 7.77. The lowest BCUT2D eigenvalue weighted by Crippen LogP contribution is -2.52. The minimum atomic E-state index is 0. The van der Waals surface area contributed by atoms with Crippen molar-refractivity contribution in [2.45, 2.75) is 45.9 Å². The van der Waals surface area contributed by atoms with Crippen LogP contribution in [0.4, 0.5) is 0 Å². The number of piperidine rings is 1. The van der Waals surface area contributed by atoms with E-state index < -0.39 is 0 Å². The standard InChI is InChI=1S/C17H24N2O2.ClH/c1-17(2)6-3-7-18-15(17)9-19-16(20)12-4-5-13-10-21-11-14(13)8-12;/h4-5,8,15,18H,3,6-7,9-11H2,1-2H3,(H,19,20);1H. The van der Waals surface area contributed by atoms with Gasteiger partial charge in [0, 0.05) is 18.2 Å². The Kier molecular flexibility index (Phi) is 5.48. The maximum atomic E-state index is 12.3. The number of benzene rings is 1. The highest BCUT2D eigenvalue weighted by Crippen LogP contribution is 2.29. The van der Waals surface area contributed by atoms with Crippen LogP contribution in [0.5, 0.6) is 0 Å². The molecule has 1 aromatic rings. The number of rotatable bonds is 3. The summed E-state index contributed by atoms with van der Waals surface area (Å²) in [5, 5.41) is 6.60. The summed E-state index contributed by atoms with van der Waals surface area (Å²) in [7, 11) is 0. The van der Waals surface area contributed by atoms with Gasteiger partial charge in [-0.25, -0.2) is 0 Å². The van der Waals surface area contributed by atoms with Crippen LogP contribution in [0, 0.1) is 5.41 Å². The molecule has 5 heteroatoms. The summed E-state index contributed by atoms with van der Waals surface area (Å²) in [6, 6.07) is 6.19. The van der Waals surface area contributed by atoms with Gasteiger partial charge in [-0.15, -0.1) is 12.4 Å². The SMILES string of the molecule is CC1(C)CCCNC1CNC(=O)c1ccc2c(c1)COC2.Cl. The van der Waals surface area contributed by atoms with Crippen molar-refractivity contribution < 1.29 is 9.53 Å². The van der Waals surface area contributed by atoms with Crippen molar-refractivity contribution in [1.29, 1.82) is 0 Å². The Morgan fingerprint density at radius 3 is 2.91 bits per heavy atom. The van der Waals surface area contributed by atoms with Crippen LogP contribution in [0.1, 0.15) is 48.2 Å². The summed E-state index contributed by atoms with van der Waals surface area (Å²) in [5.74, 6) is 0.00729. The van der Waals surface area contributed by atoms with Gasteiger partial charge in [0.05, 0.1) is 13.2 Å². The van der Waals surface area contributed by atoms with Gasteiger partial charge in [0.2, 0.25) is 0 Å². The summed E-state index contributed by atoms with van der Waals surface area (Å²) in [6.07, 6.45) is 2.42. The summed E-state index contributed by atoms with van der Waals surface area (Å²) >= 11 is 0. The van der Waals surface area contributed by atoms with Crippen LogP contribution in [0.3, 0.4) is 0 Å². The van der Waals surface area contributed by atoms with Gasteiger partial charge in [-0.05, 0) is 48.1 Å². The van der Waals surface area contributed by atoms with E-state index in [0.29, 0.717) is 25.8 Å². The van der Waals surface area contributed by atoms with Crippen molar-refractivity contribution in [2.75, 3.05) is 13.1 Å². The van der Waals surface area contributed by atoms with Crippen molar-refractivity contribution in [3.05, 3.63) is 34.9 Å². The van der Waals surface area contributed by atoms with Gasteiger partial charge in [-0.1, -0.05) is 19.9 Å². The largest absolute Gasteiger partial charge is 0.372 e. The van der Waals surface area contributed by atoms with E-state index in [9.17, 15) is 4.79 Å². The third-order valence-electron chi connectivity index (χ3n) is 4.78. The fourth-order valence-electron chi connectivity index (χ4n) is 3.23. The predicted molar refractivity (Wildman–Crippen MR) is 89.3 cm³/mol. The molecule has 0 aromatic heterocycles. The maximum absolute atomic E-state index is 12.3. The molecule has 0 saturated carbocycles. The monoisotopic (exact) mass is 324 g/mol. The number of amides is 1. The smallest absolute Gasteiger partial charge is 0.251 e. The van der Waals surface area contributed by atoms with E-state index in [1.807, 2.05) is 18.2 Å². The zero-order chi connectivity index (χ0) is 14.9. The van der Waals surface area contributed by atoms with E-state index in [2.05, 4.69) is 24.5 Å². The highest BCUT2D eigenvalue weighted by atomic mass is 35.5. The second kappa shape index (κ2) is 6.99. The number of carbonyl (C=O) groups is 1. The Morgan fingerprint density at radius 2 is 2.14 bits per heavy atom. The number of halogens is 1. The molecule has 0 bridgehead atoms. The van der Waals surface area contributed by atoms with E-state index >= 15 is 0 Å². The van der Waals surface area contributed by atoms with Crippen molar-refractivity contribution in [3.8, 4) is 0 Å². The van der Waals surface area contributed by atoms with Gasteiger partial charge in [-0.3, -0.25) is 4.79 Å². The van der Waals surface area contributed by atoms with Gasteiger partial charge in [0.15, 0.2) is 0 Å². The van der Waals surface area contributed by atoms with Gasteiger partial charge >= 0.3 is 0 Å². The Balaban J connectivity index is 0.00000176. The molecule has 0 spiro atoms. The first kappa shape index (κ1) is 17.3. The Morgan fingerprint density at radius 1 is 1.36 bits per heavy atom. The molecule has 1 saturated heterocycles. The fraction of sp³-hybridized carbons (Fsp3) is 0.588. The quantitative estimate of drug-likeness (QED) is 0.898. The molecule has 2 aliphatic heterocycles. The molecule has 1 amide bonds. The zero-order valence-corrected chi connectivity index (χ0v) is 14.1. The second-order valence-corrected chi connectivity index (χ2v) is 6.79. The minimum Gasteiger partial charge on any atom is -0.372 e. The van der Waals surface area contributed by atoms with Gasteiger partial charge in [0.25, 0.3) is 5.91 Å². The first-order valence-electron chi connectivity index (χ1n) is 7.77. The lowest BCUT2D eigenvalue weighted by atomic mass is 9.77. The number of nitrogens with one attached hydrogen (secondary N) is 2. The molecular formula is C17H25ClN2O2. The fourth-order valence-corrected chi connectivity index (χ4v) is 3.23. The normalized spacial score (nSPS) is 22.5. The van der Waals surface area contributed by atoms with Crippen molar-refractivity contribution in [1.82, 2.24) is 10.6 Å². The number of ether oxygens (including phenoxy) is 1. The second-order valence-electron chi connectivity index (χ2n) is 6.79. The lowest BCUT2D eigenvalue weighted by molar-refractivity contribution is 0.0928. The van der Waals surface area contributed by atoms with Crippen molar-refractivity contribution >= 4 is 18.3 Å². The molecule has 1 atom stereocenters. The molecule has 0 radical (unpaired) electrons. The Bertz CT molecular complexity index is 545. The summed E-state index contributed by atoms with van der Waals surface area (Å²) in [4.78, 5) is 12.3. The zero-order valence-electron chi connectivity index (χ0n) is 13.3. The molecule has 4 nitrogen and oxygen atoms in total. The summed E-state index contributed by atoms with van der Waals surface area (Å²) < 4.78 is 5.39. The van der Waals surface area contributed by atoms with Gasteiger partial charge in [0.1, 0.15) is 0 Å². The molecule has 1 fully saturated rings. The Hall–Kier alpha value is -1.10. The summed E-state index contributed by atoms with van der Waals surface area (Å²) in [6.45, 7) is 7.54. The molecule has 0 aliphatic carbocycles. The van der Waals surface area contributed by atoms with E-state index in [1.54, 1.807) is 0 Å². The molecule has 2 N–H and O–H groups in total. The van der Waals surface area contributed by atoms with Crippen LogP contribution in [-0.4, -0.2) is 25.0 Å². The van der Waals surface area contributed by atoms with Crippen LogP contribution in [-0.2, 0) is 18.0 Å². The highest BCUT2D eigenvalue weighted by molar-refractivity contribution is 5.94. The molecule has 2 heterocycles. The average molecular weight is 325 g/mol. The number of carbonyl (C=O) groups excluding carboxylic acids is 1. The number of hydrogen-bond acceptors (Lipinski definition) is 3. The van der Waals surface area contributed by atoms with Crippen LogP contribution in [0.2, 0.25) is 0 Å². The topological polar surface area (TPSA) is 50.4 Å². The first-order chi connectivity index (χ1) is 10.1.